The van der Waals surface area contributed by atoms with Crippen LogP contribution in [0.3, 0.4) is 0 Å². The van der Waals surface area contributed by atoms with Crippen LogP contribution in [0.2, 0.25) is 0 Å². The van der Waals surface area contributed by atoms with E-state index >= 15 is 0 Å². The van der Waals surface area contributed by atoms with Gasteiger partial charge in [0.05, 0.1) is 4.92 Å². The molecule has 0 fully saturated rings. The van der Waals surface area contributed by atoms with Crippen molar-refractivity contribution in [1.29, 1.82) is 0 Å². The van der Waals surface area contributed by atoms with Crippen molar-refractivity contribution in [3.05, 3.63) is 26.9 Å². The molecule has 0 amide bonds. The molecular weight excluding hydrogens is 280 g/mol. The first-order chi connectivity index (χ1) is 6.79. The SMILES string of the molecule is CC(C)(C)Sc1ncc(Br)cc1[N+](=O)[O-]. The van der Waals surface area contributed by atoms with Crippen molar-refractivity contribution >= 4 is 33.4 Å². The lowest BCUT2D eigenvalue weighted by atomic mass is 10.3. The summed E-state index contributed by atoms with van der Waals surface area (Å²) in [4.78, 5) is 14.4. The number of pyridine rings is 1. The van der Waals surface area contributed by atoms with E-state index in [1.165, 1.54) is 17.8 Å². The molecule has 1 aromatic rings. The molecule has 0 spiro atoms. The summed E-state index contributed by atoms with van der Waals surface area (Å²) in [5.74, 6) is 0. The average molecular weight is 291 g/mol. The van der Waals surface area contributed by atoms with Gasteiger partial charge in [-0.1, -0.05) is 32.5 Å². The number of aromatic nitrogens is 1. The van der Waals surface area contributed by atoms with E-state index in [0.29, 0.717) is 9.50 Å². The minimum Gasteiger partial charge on any atom is -0.258 e. The monoisotopic (exact) mass is 290 g/mol. The summed E-state index contributed by atoms with van der Waals surface area (Å²) in [5.41, 5.74) is 0.0456. The lowest BCUT2D eigenvalue weighted by Gasteiger charge is -2.16. The highest BCUT2D eigenvalue weighted by Crippen LogP contribution is 2.36. The van der Waals surface area contributed by atoms with Gasteiger partial charge in [-0.2, -0.15) is 0 Å². The van der Waals surface area contributed by atoms with E-state index in [9.17, 15) is 10.1 Å². The van der Waals surface area contributed by atoms with Crippen LogP contribution in [0.4, 0.5) is 5.69 Å². The minimum absolute atomic E-state index is 0.0456. The fourth-order valence-corrected chi connectivity index (χ4v) is 2.16. The van der Waals surface area contributed by atoms with Crippen LogP contribution in [0.1, 0.15) is 20.8 Å². The van der Waals surface area contributed by atoms with Crippen molar-refractivity contribution in [3.63, 3.8) is 0 Å². The number of nitrogens with zero attached hydrogens (tertiary/aromatic N) is 2. The Kier molecular flexibility index (Phi) is 3.72. The topological polar surface area (TPSA) is 56.0 Å². The van der Waals surface area contributed by atoms with Crippen LogP contribution >= 0.6 is 27.7 Å². The first-order valence-electron chi connectivity index (χ1n) is 4.28. The van der Waals surface area contributed by atoms with Gasteiger partial charge in [0.2, 0.25) is 0 Å². The molecule has 0 bridgehead atoms. The third-order valence-corrected chi connectivity index (χ3v) is 2.95. The molecular formula is C9H11BrN2O2S. The Morgan fingerprint density at radius 2 is 2.13 bits per heavy atom. The Hall–Kier alpha value is -0.620. The number of rotatable bonds is 2. The first-order valence-corrected chi connectivity index (χ1v) is 5.89. The molecule has 0 aliphatic rings. The van der Waals surface area contributed by atoms with Gasteiger partial charge in [0.15, 0.2) is 5.03 Å². The van der Waals surface area contributed by atoms with Gasteiger partial charge in [-0.25, -0.2) is 4.98 Å². The van der Waals surface area contributed by atoms with Crippen molar-refractivity contribution in [1.82, 2.24) is 4.98 Å². The fourth-order valence-electron chi connectivity index (χ4n) is 0.916. The minimum atomic E-state index is -0.411. The summed E-state index contributed by atoms with van der Waals surface area (Å²) < 4.78 is 0.526. The van der Waals surface area contributed by atoms with Crippen LogP contribution in [-0.4, -0.2) is 14.7 Å². The molecule has 1 heterocycles. The third kappa shape index (κ3) is 3.79. The van der Waals surface area contributed by atoms with Gasteiger partial charge in [-0.15, -0.1) is 0 Å². The van der Waals surface area contributed by atoms with E-state index < -0.39 is 4.92 Å². The smallest absolute Gasteiger partial charge is 0.258 e. The van der Waals surface area contributed by atoms with E-state index in [2.05, 4.69) is 20.9 Å². The lowest BCUT2D eigenvalue weighted by molar-refractivity contribution is -0.388. The average Bonchev–Trinajstić information content (AvgIpc) is 2.05. The molecule has 0 aromatic carbocycles. The molecule has 0 N–H and O–H groups in total. The maximum atomic E-state index is 10.8. The highest BCUT2D eigenvalue weighted by atomic mass is 79.9. The van der Waals surface area contributed by atoms with Crippen molar-refractivity contribution in [3.8, 4) is 0 Å². The van der Waals surface area contributed by atoms with Gasteiger partial charge < -0.3 is 0 Å². The lowest BCUT2D eigenvalue weighted by Crippen LogP contribution is -2.08. The second kappa shape index (κ2) is 4.49. The highest BCUT2D eigenvalue weighted by molar-refractivity contribution is 9.10. The predicted octanol–water partition coefficient (Wildman–Crippen LogP) is 3.64. The molecule has 15 heavy (non-hydrogen) atoms. The van der Waals surface area contributed by atoms with Crippen LogP contribution in [-0.2, 0) is 0 Å². The molecule has 0 aliphatic heterocycles. The number of halogens is 1. The molecule has 0 saturated carbocycles. The van der Waals surface area contributed by atoms with Crippen molar-refractivity contribution in [2.45, 2.75) is 30.5 Å². The van der Waals surface area contributed by atoms with E-state index in [1.54, 1.807) is 6.20 Å². The van der Waals surface area contributed by atoms with Gasteiger partial charge in [0.1, 0.15) is 0 Å². The maximum absolute atomic E-state index is 10.8. The highest BCUT2D eigenvalue weighted by Gasteiger charge is 2.22. The third-order valence-electron chi connectivity index (χ3n) is 1.40. The summed E-state index contributed by atoms with van der Waals surface area (Å²) in [7, 11) is 0. The zero-order valence-electron chi connectivity index (χ0n) is 8.65. The molecule has 0 aliphatic carbocycles. The Balaban J connectivity index is 3.12. The normalized spacial score (nSPS) is 11.5. The number of hydrogen-bond acceptors (Lipinski definition) is 4. The molecule has 0 atom stereocenters. The Morgan fingerprint density at radius 1 is 1.53 bits per heavy atom. The van der Waals surface area contributed by atoms with E-state index in [1.807, 2.05) is 20.8 Å². The van der Waals surface area contributed by atoms with Crippen molar-refractivity contribution in [2.24, 2.45) is 0 Å². The van der Waals surface area contributed by atoms with Crippen LogP contribution in [0.25, 0.3) is 0 Å². The Morgan fingerprint density at radius 3 is 2.60 bits per heavy atom. The summed E-state index contributed by atoms with van der Waals surface area (Å²) >= 11 is 4.56. The van der Waals surface area contributed by atoms with Crippen LogP contribution < -0.4 is 0 Å². The molecule has 1 rings (SSSR count). The maximum Gasteiger partial charge on any atom is 0.302 e. The standard InChI is InChI=1S/C9H11BrN2O2S/c1-9(2,3)15-8-7(12(13)14)4-6(10)5-11-8/h4-5H,1-3H3. The fraction of sp³-hybridized carbons (Fsp3) is 0.444. The zero-order valence-corrected chi connectivity index (χ0v) is 11.1. The first kappa shape index (κ1) is 12.4. The predicted molar refractivity (Wildman–Crippen MR) is 64.2 cm³/mol. The van der Waals surface area contributed by atoms with Crippen LogP contribution in [0.15, 0.2) is 21.8 Å². The zero-order chi connectivity index (χ0) is 11.6. The second-order valence-electron chi connectivity index (χ2n) is 3.95. The van der Waals surface area contributed by atoms with Gasteiger partial charge in [-0.3, -0.25) is 10.1 Å². The molecule has 0 unspecified atom stereocenters. The summed E-state index contributed by atoms with van der Waals surface area (Å²) in [6.07, 6.45) is 1.57. The van der Waals surface area contributed by atoms with E-state index in [-0.39, 0.29) is 10.4 Å². The van der Waals surface area contributed by atoms with Gasteiger partial charge >= 0.3 is 5.69 Å². The van der Waals surface area contributed by atoms with Crippen LogP contribution in [0.5, 0.6) is 0 Å². The number of hydrogen-bond donors (Lipinski definition) is 0. The number of nitro groups is 1. The quantitative estimate of drug-likeness (QED) is 0.474. The largest absolute Gasteiger partial charge is 0.302 e. The molecule has 1 aromatic heterocycles. The summed E-state index contributed by atoms with van der Waals surface area (Å²) in [5, 5.41) is 11.2. The van der Waals surface area contributed by atoms with Gasteiger partial charge in [0.25, 0.3) is 0 Å². The Labute approximate surface area is 101 Å². The van der Waals surface area contributed by atoms with Gasteiger partial charge in [0, 0.05) is 21.5 Å². The summed E-state index contributed by atoms with van der Waals surface area (Å²) in [6.45, 7) is 5.97. The molecule has 6 heteroatoms. The Bertz CT molecular complexity index is 390. The molecule has 0 saturated heterocycles. The van der Waals surface area contributed by atoms with Crippen molar-refractivity contribution in [2.75, 3.05) is 0 Å². The van der Waals surface area contributed by atoms with Crippen molar-refractivity contribution < 1.29 is 4.92 Å². The molecule has 4 nitrogen and oxygen atoms in total. The second-order valence-corrected chi connectivity index (χ2v) is 6.68. The van der Waals surface area contributed by atoms with Gasteiger partial charge in [-0.05, 0) is 15.9 Å². The molecule has 82 valence electrons. The summed E-state index contributed by atoms with van der Waals surface area (Å²) in [6, 6.07) is 1.47. The molecule has 0 radical (unpaired) electrons. The number of thioether (sulfide) groups is 1. The van der Waals surface area contributed by atoms with E-state index in [4.69, 9.17) is 0 Å². The van der Waals surface area contributed by atoms with Crippen LogP contribution in [0, 0.1) is 10.1 Å². The van der Waals surface area contributed by atoms with E-state index in [0.717, 1.165) is 0 Å².